The van der Waals surface area contributed by atoms with E-state index in [4.69, 9.17) is 0 Å². The first-order valence-electron chi connectivity index (χ1n) is 6.77. The largest absolute Gasteiger partial charge is 0.314 e. The predicted octanol–water partition coefficient (Wildman–Crippen LogP) is 4.16. The van der Waals surface area contributed by atoms with Crippen LogP contribution in [-0.4, -0.2) is 12.6 Å². The zero-order chi connectivity index (χ0) is 12.1. The van der Waals surface area contributed by atoms with Gasteiger partial charge in [-0.05, 0) is 62.3 Å². The second-order valence-corrected chi connectivity index (χ2v) is 5.94. The van der Waals surface area contributed by atoms with Gasteiger partial charge >= 0.3 is 0 Å². The van der Waals surface area contributed by atoms with Crippen molar-refractivity contribution in [1.82, 2.24) is 5.32 Å². The molecule has 1 aromatic rings. The second kappa shape index (κ2) is 6.55. The highest BCUT2D eigenvalue weighted by Crippen LogP contribution is 2.34. The van der Waals surface area contributed by atoms with E-state index in [-0.39, 0.29) is 0 Å². The van der Waals surface area contributed by atoms with Gasteiger partial charge in [0.05, 0.1) is 0 Å². The molecule has 0 aliphatic heterocycles. The lowest BCUT2D eigenvalue weighted by Gasteiger charge is -2.16. The maximum Gasteiger partial charge on any atom is 0.0177 e. The quantitative estimate of drug-likeness (QED) is 0.796. The SMILES string of the molecule is CCNC(CCCc1cccc(Br)c1)C1CC1. The summed E-state index contributed by atoms with van der Waals surface area (Å²) in [6, 6.07) is 9.45. The van der Waals surface area contributed by atoms with Crippen molar-refractivity contribution in [2.45, 2.75) is 45.1 Å². The number of nitrogens with one attached hydrogen (secondary N) is 1. The van der Waals surface area contributed by atoms with E-state index in [0.29, 0.717) is 0 Å². The van der Waals surface area contributed by atoms with Gasteiger partial charge in [-0.25, -0.2) is 0 Å². The molecule has 0 spiro atoms. The summed E-state index contributed by atoms with van der Waals surface area (Å²) in [5.41, 5.74) is 1.45. The van der Waals surface area contributed by atoms with Crippen molar-refractivity contribution < 1.29 is 0 Å². The molecule has 2 rings (SSSR count). The molecular weight excluding hydrogens is 274 g/mol. The molecule has 0 amide bonds. The number of hydrogen-bond donors (Lipinski definition) is 1. The lowest BCUT2D eigenvalue weighted by Crippen LogP contribution is -2.30. The van der Waals surface area contributed by atoms with E-state index in [1.54, 1.807) is 0 Å². The molecule has 17 heavy (non-hydrogen) atoms. The van der Waals surface area contributed by atoms with Crippen molar-refractivity contribution >= 4 is 15.9 Å². The van der Waals surface area contributed by atoms with Crippen LogP contribution in [0.1, 0.15) is 38.2 Å². The molecule has 1 saturated carbocycles. The maximum absolute atomic E-state index is 3.63. The minimum Gasteiger partial charge on any atom is -0.314 e. The summed E-state index contributed by atoms with van der Waals surface area (Å²) in [5.74, 6) is 0.970. The van der Waals surface area contributed by atoms with Crippen LogP contribution in [-0.2, 0) is 6.42 Å². The second-order valence-electron chi connectivity index (χ2n) is 5.02. The van der Waals surface area contributed by atoms with Crippen LogP contribution in [0.3, 0.4) is 0 Å². The van der Waals surface area contributed by atoms with E-state index in [1.807, 2.05) is 0 Å². The van der Waals surface area contributed by atoms with Gasteiger partial charge in [0, 0.05) is 10.5 Å². The zero-order valence-electron chi connectivity index (χ0n) is 10.6. The van der Waals surface area contributed by atoms with Crippen molar-refractivity contribution in [3.8, 4) is 0 Å². The van der Waals surface area contributed by atoms with Gasteiger partial charge in [0.1, 0.15) is 0 Å². The number of halogens is 1. The summed E-state index contributed by atoms with van der Waals surface area (Å²) in [4.78, 5) is 0. The maximum atomic E-state index is 3.63. The summed E-state index contributed by atoms with van der Waals surface area (Å²) < 4.78 is 1.19. The van der Waals surface area contributed by atoms with Crippen LogP contribution in [0.15, 0.2) is 28.7 Å². The molecule has 1 aliphatic carbocycles. The number of hydrogen-bond acceptors (Lipinski definition) is 1. The highest BCUT2D eigenvalue weighted by molar-refractivity contribution is 9.10. The van der Waals surface area contributed by atoms with Gasteiger partial charge in [0.2, 0.25) is 0 Å². The van der Waals surface area contributed by atoms with Crippen LogP contribution in [0.2, 0.25) is 0 Å². The van der Waals surface area contributed by atoms with Gasteiger partial charge in [-0.1, -0.05) is 35.0 Å². The summed E-state index contributed by atoms with van der Waals surface area (Å²) in [6.07, 6.45) is 6.70. The van der Waals surface area contributed by atoms with Gasteiger partial charge in [-0.3, -0.25) is 0 Å². The van der Waals surface area contributed by atoms with Crippen molar-refractivity contribution in [3.05, 3.63) is 34.3 Å². The van der Waals surface area contributed by atoms with Crippen molar-refractivity contribution in [2.75, 3.05) is 6.54 Å². The first-order chi connectivity index (χ1) is 8.29. The number of benzene rings is 1. The van der Waals surface area contributed by atoms with E-state index in [9.17, 15) is 0 Å². The summed E-state index contributed by atoms with van der Waals surface area (Å²) >= 11 is 3.53. The highest BCUT2D eigenvalue weighted by Gasteiger charge is 2.29. The lowest BCUT2D eigenvalue weighted by molar-refractivity contribution is 0.434. The molecule has 1 aromatic carbocycles. The van der Waals surface area contributed by atoms with E-state index in [2.05, 4.69) is 52.4 Å². The number of aryl methyl sites for hydroxylation is 1. The van der Waals surface area contributed by atoms with E-state index < -0.39 is 0 Å². The normalized spacial score (nSPS) is 17.1. The molecular formula is C15H22BrN. The van der Waals surface area contributed by atoms with E-state index in [1.165, 1.54) is 42.1 Å². The first-order valence-corrected chi connectivity index (χ1v) is 7.56. The van der Waals surface area contributed by atoms with Crippen LogP contribution in [0, 0.1) is 5.92 Å². The molecule has 0 aromatic heterocycles. The Hall–Kier alpha value is -0.340. The molecule has 2 heteroatoms. The summed E-state index contributed by atoms with van der Waals surface area (Å²) in [5, 5.41) is 3.63. The lowest BCUT2D eigenvalue weighted by atomic mass is 10.0. The van der Waals surface area contributed by atoms with Gasteiger partial charge < -0.3 is 5.32 Å². The molecule has 0 heterocycles. The van der Waals surface area contributed by atoms with Crippen LogP contribution in [0.4, 0.5) is 0 Å². The smallest absolute Gasteiger partial charge is 0.0177 e. The molecule has 0 radical (unpaired) electrons. The molecule has 94 valence electrons. The Balaban J connectivity index is 1.74. The fourth-order valence-electron chi connectivity index (χ4n) is 2.48. The Bertz CT molecular complexity index is 347. The van der Waals surface area contributed by atoms with Crippen LogP contribution >= 0.6 is 15.9 Å². The fraction of sp³-hybridized carbons (Fsp3) is 0.600. The number of rotatable bonds is 7. The van der Waals surface area contributed by atoms with Crippen molar-refractivity contribution in [2.24, 2.45) is 5.92 Å². The molecule has 1 fully saturated rings. The van der Waals surface area contributed by atoms with Crippen LogP contribution in [0.5, 0.6) is 0 Å². The van der Waals surface area contributed by atoms with Gasteiger partial charge in [-0.2, -0.15) is 0 Å². The first kappa shape index (κ1) is 13.1. The molecule has 0 saturated heterocycles. The molecule has 0 bridgehead atoms. The third-order valence-electron chi connectivity index (χ3n) is 3.53. The van der Waals surface area contributed by atoms with Gasteiger partial charge in [0.15, 0.2) is 0 Å². The Kier molecular flexibility index (Phi) is 5.05. The molecule has 1 unspecified atom stereocenters. The Morgan fingerprint density at radius 3 is 2.88 bits per heavy atom. The monoisotopic (exact) mass is 295 g/mol. The van der Waals surface area contributed by atoms with Crippen molar-refractivity contribution in [1.29, 1.82) is 0 Å². The average Bonchev–Trinajstić information content (AvgIpc) is 3.12. The Labute approximate surface area is 113 Å². The zero-order valence-corrected chi connectivity index (χ0v) is 12.2. The Morgan fingerprint density at radius 1 is 1.41 bits per heavy atom. The molecule has 1 atom stereocenters. The molecule has 1 aliphatic rings. The average molecular weight is 296 g/mol. The van der Waals surface area contributed by atoms with E-state index >= 15 is 0 Å². The van der Waals surface area contributed by atoms with Gasteiger partial charge in [0.25, 0.3) is 0 Å². The van der Waals surface area contributed by atoms with Crippen LogP contribution in [0.25, 0.3) is 0 Å². The minimum atomic E-state index is 0.771. The summed E-state index contributed by atoms with van der Waals surface area (Å²) in [6.45, 7) is 3.32. The highest BCUT2D eigenvalue weighted by atomic mass is 79.9. The van der Waals surface area contributed by atoms with Crippen molar-refractivity contribution in [3.63, 3.8) is 0 Å². The fourth-order valence-corrected chi connectivity index (χ4v) is 2.93. The minimum absolute atomic E-state index is 0.771. The molecule has 1 N–H and O–H groups in total. The molecule has 1 nitrogen and oxygen atoms in total. The van der Waals surface area contributed by atoms with E-state index in [0.717, 1.165) is 18.5 Å². The summed E-state index contributed by atoms with van der Waals surface area (Å²) in [7, 11) is 0. The third-order valence-corrected chi connectivity index (χ3v) is 4.02. The van der Waals surface area contributed by atoms with Gasteiger partial charge in [-0.15, -0.1) is 0 Å². The standard InChI is InChI=1S/C15H22BrN/c1-2-17-15(13-9-10-13)8-4-6-12-5-3-7-14(16)11-12/h3,5,7,11,13,15,17H,2,4,6,8-10H2,1H3. The Morgan fingerprint density at radius 2 is 2.24 bits per heavy atom. The topological polar surface area (TPSA) is 12.0 Å². The predicted molar refractivity (Wildman–Crippen MR) is 77.3 cm³/mol. The third kappa shape index (κ3) is 4.44. The van der Waals surface area contributed by atoms with Crippen LogP contribution < -0.4 is 5.32 Å².